The van der Waals surface area contributed by atoms with Crippen molar-refractivity contribution in [2.24, 2.45) is 0 Å². The Bertz CT molecular complexity index is 1800. The van der Waals surface area contributed by atoms with E-state index in [4.69, 9.17) is 18.5 Å². The maximum atomic E-state index is 13.1. The minimum absolute atomic E-state index is 0. The van der Waals surface area contributed by atoms with Crippen LogP contribution in [0.2, 0.25) is 0 Å². The van der Waals surface area contributed by atoms with Crippen molar-refractivity contribution in [1.29, 1.82) is 0 Å². The normalized spacial score (nSPS) is 20.6. The molecule has 0 amide bonds. The van der Waals surface area contributed by atoms with Gasteiger partial charge in [-0.15, -0.1) is 0 Å². The van der Waals surface area contributed by atoms with Gasteiger partial charge in [-0.1, -0.05) is 210 Å². The van der Waals surface area contributed by atoms with Gasteiger partial charge in [0, 0.05) is 12.8 Å². The minimum atomic E-state index is -6.10. The number of esters is 2. The summed E-state index contributed by atoms with van der Waals surface area (Å²) in [6.07, 6.45) is 21.9. The van der Waals surface area contributed by atoms with E-state index in [-0.39, 0.29) is 82.0 Å². The van der Waals surface area contributed by atoms with Gasteiger partial charge in [0.1, 0.15) is 43.2 Å². The zero-order chi connectivity index (χ0) is 54.6. The first-order valence-electron chi connectivity index (χ1n) is 25.6. The van der Waals surface area contributed by atoms with Crippen molar-refractivity contribution in [2.75, 3.05) is 13.2 Å². The molecule has 0 saturated heterocycles. The van der Waals surface area contributed by atoms with Gasteiger partial charge < -0.3 is 101 Å². The number of phosphoric ester groups is 4. The number of carbonyl (C=O) groups excluding carboxylic acids is 2. The van der Waals surface area contributed by atoms with E-state index in [1.165, 1.54) is 77.0 Å². The first kappa shape index (κ1) is 103. The lowest BCUT2D eigenvalue weighted by Gasteiger charge is -2.49. The molecule has 1 rings (SSSR count). The Morgan fingerprint density at radius 3 is 1.14 bits per heavy atom. The number of aliphatic hydroxyl groups excluding tert-OH is 2. The van der Waals surface area contributed by atoms with Gasteiger partial charge in [0.05, 0.1) is 6.61 Å². The Hall–Kier alpha value is -1.90. The third kappa shape index (κ3) is 56.4. The molecule has 1 fully saturated rings. The van der Waals surface area contributed by atoms with E-state index in [0.29, 0.717) is 25.7 Å². The van der Waals surface area contributed by atoms with E-state index in [2.05, 4.69) is 51.7 Å². The molecule has 506 valence electrons. The van der Waals surface area contributed by atoms with Gasteiger partial charge in [-0.3, -0.25) is 27.8 Å². The molecule has 0 aliphatic heterocycles. The lowest BCUT2D eigenvalue weighted by molar-refractivity contribution is -0.286. The van der Waals surface area contributed by atoms with E-state index in [0.717, 1.165) is 51.4 Å². The predicted octanol–water partition coefficient (Wildman–Crippen LogP) is 12.3. The molecule has 1 aliphatic rings. The maximum absolute atomic E-state index is 13.1. The van der Waals surface area contributed by atoms with Gasteiger partial charge in [-0.25, -0.2) is 0 Å². The number of hydrogen-bond acceptors (Lipinski definition) is 19. The average molecular weight is 1290 g/mol. The van der Waals surface area contributed by atoms with Crippen LogP contribution in [0.15, 0.2) is 48.6 Å². The van der Waals surface area contributed by atoms with E-state index in [9.17, 15) is 72.3 Å². The van der Waals surface area contributed by atoms with Crippen LogP contribution in [0.5, 0.6) is 0 Å². The van der Waals surface area contributed by atoms with Gasteiger partial charge in [-0.2, -0.15) is 0 Å². The SMILES string of the molecule is C.C.C.C.C.C.CCCCC/C=C\C/C=C\C/C=C\C/C=C\CCCC(=O)O[C@H](COC(=O)CCCCCCCCCCCCCCCCC)COP(=O)([O-])OC1C(O)C(OP(=O)([O-])O)C(OP(=O)([O-])O)[C@@H](OP(=O)([O-])O)C1O.[NH4+].[NH4+].[NH4+].[NH4+]. The largest absolute Gasteiger partial charge is 0.756 e. The van der Waals surface area contributed by atoms with Crippen LogP contribution in [-0.4, -0.2) is 92.8 Å². The highest BCUT2D eigenvalue weighted by Crippen LogP contribution is 2.50. The van der Waals surface area contributed by atoms with E-state index < -0.39 is 99.2 Å². The van der Waals surface area contributed by atoms with Crippen molar-refractivity contribution in [2.45, 2.75) is 268 Å². The first-order chi connectivity index (χ1) is 34.5. The Balaban J connectivity index is -0.000000666. The van der Waals surface area contributed by atoms with E-state index >= 15 is 0 Å². The van der Waals surface area contributed by atoms with E-state index in [1.54, 1.807) is 0 Å². The third-order valence-electron chi connectivity index (χ3n) is 11.4. The lowest BCUT2D eigenvalue weighted by Crippen LogP contribution is -2.66. The topological polar surface area (TPSA) is 506 Å². The molecule has 1 aliphatic carbocycles. The fourth-order valence-corrected chi connectivity index (χ4v) is 10.3. The third-order valence-corrected chi connectivity index (χ3v) is 13.8. The zero-order valence-electron chi connectivity index (χ0n) is 46.4. The molecule has 26 nitrogen and oxygen atoms in total. The van der Waals surface area contributed by atoms with Gasteiger partial charge in [-0.05, 0) is 51.4 Å². The Morgan fingerprint density at radius 1 is 0.434 bits per heavy atom. The highest BCUT2D eigenvalue weighted by Gasteiger charge is 2.56. The van der Waals surface area contributed by atoms with Crippen LogP contribution in [0.4, 0.5) is 0 Å². The molecular formula is C53H122N4O22P4. The number of unbranched alkanes of at least 4 members (excludes halogenated alkanes) is 18. The molecular weight excluding hydrogens is 1170 g/mol. The number of rotatable bonds is 44. The zero-order valence-corrected chi connectivity index (χ0v) is 50.0. The maximum Gasteiger partial charge on any atom is 0.306 e. The Kier molecular flexibility index (Phi) is 73.3. The summed E-state index contributed by atoms with van der Waals surface area (Å²) < 4.78 is 80.6. The van der Waals surface area contributed by atoms with Gasteiger partial charge in [0.25, 0.3) is 31.3 Å². The average Bonchev–Trinajstić information content (AvgIpc) is 3.30. The summed E-state index contributed by atoms with van der Waals surface area (Å²) in [5.41, 5.74) is 0. The number of ether oxygens (including phenoxy) is 2. The van der Waals surface area contributed by atoms with Crippen molar-refractivity contribution in [3.05, 3.63) is 48.6 Å². The van der Waals surface area contributed by atoms with Crippen LogP contribution < -0.4 is 44.2 Å². The summed E-state index contributed by atoms with van der Waals surface area (Å²) in [5.74, 6) is -1.53. The molecule has 0 aromatic heterocycles. The monoisotopic (exact) mass is 1290 g/mol. The molecule has 11 atom stereocenters. The van der Waals surface area contributed by atoms with Gasteiger partial charge >= 0.3 is 11.9 Å². The van der Waals surface area contributed by atoms with Crippen molar-refractivity contribution in [1.82, 2.24) is 24.6 Å². The first-order valence-corrected chi connectivity index (χ1v) is 31.5. The van der Waals surface area contributed by atoms with Crippen LogP contribution in [0.1, 0.15) is 225 Å². The molecule has 0 radical (unpaired) electrons. The van der Waals surface area contributed by atoms with Crippen LogP contribution >= 0.6 is 31.3 Å². The van der Waals surface area contributed by atoms with E-state index in [1.807, 2.05) is 24.3 Å². The number of phosphoric acid groups is 4. The summed E-state index contributed by atoms with van der Waals surface area (Å²) in [6.45, 7) is 2.55. The molecule has 0 heterocycles. The number of aliphatic hydroxyl groups is 2. The molecule has 9 unspecified atom stereocenters. The van der Waals surface area contributed by atoms with Crippen LogP contribution in [0.3, 0.4) is 0 Å². The lowest BCUT2D eigenvalue weighted by atomic mass is 9.85. The Morgan fingerprint density at radius 2 is 0.759 bits per heavy atom. The van der Waals surface area contributed by atoms with Crippen molar-refractivity contribution < 1.29 is 104 Å². The summed E-state index contributed by atoms with van der Waals surface area (Å²) in [6, 6.07) is 0. The second-order valence-corrected chi connectivity index (χ2v) is 22.7. The molecule has 83 heavy (non-hydrogen) atoms. The van der Waals surface area contributed by atoms with Crippen LogP contribution in [0, 0.1) is 0 Å². The summed E-state index contributed by atoms with van der Waals surface area (Å²) in [4.78, 5) is 101. The fraction of sp³-hybridized carbons (Fsp3) is 0.811. The minimum Gasteiger partial charge on any atom is -0.756 e. The fourth-order valence-electron chi connectivity index (χ4n) is 7.64. The number of carbonyl (C=O) groups is 2. The quantitative estimate of drug-likeness (QED) is 0.0118. The molecule has 0 aromatic rings. The van der Waals surface area contributed by atoms with Crippen molar-refractivity contribution in [3.63, 3.8) is 0 Å². The predicted molar refractivity (Wildman–Crippen MR) is 328 cm³/mol. The molecule has 1 saturated carbocycles. The van der Waals surface area contributed by atoms with Crippen LogP contribution in [-0.2, 0) is 59.9 Å². The summed E-state index contributed by atoms with van der Waals surface area (Å²) in [7, 11) is -24.2. The van der Waals surface area contributed by atoms with Gasteiger partial charge in [0.15, 0.2) is 6.10 Å². The van der Waals surface area contributed by atoms with Gasteiger partial charge in [0.2, 0.25) is 0 Å². The molecule has 30 heteroatoms. The summed E-state index contributed by atoms with van der Waals surface area (Å²) >= 11 is 0. The van der Waals surface area contributed by atoms with Crippen molar-refractivity contribution in [3.8, 4) is 0 Å². The standard InChI is InChI=1S/C47H86O22P4.6CH4.4H3N/c1-3-5-7-9-11-13-15-17-19-20-22-24-26-28-30-32-34-36-41(49)65-39(37-63-40(48)35-33-31-29-27-25-23-21-18-16-14-12-10-8-6-4-2)38-64-73(61,62)69-44-42(50)45(66-70(52,53)54)47(68-72(58,59)60)46(43(44)51)67-71(55,56)57;;;;;;;;;;/h11,13,17,19,22,24,28,30,39,42-47,50-51H,3-10,12,14-16,18,20-21,23,25-27,29,31-38H2,1-2H3,(H,61,62)(H2,52,53,54)(H2,55,56,57)(H2,58,59,60);6*1H4;4*1H3/b13-11-,19-17-,24-22-,30-28-;;;;;;;;;;/t39-,42?,43?,44?,45+,46?,47?;;;;;;;;;;/m1........../s1. The molecule has 0 spiro atoms. The van der Waals surface area contributed by atoms with Crippen molar-refractivity contribution >= 4 is 43.2 Å². The molecule has 0 aromatic carbocycles. The molecule has 21 N–H and O–H groups in total. The number of allylic oxidation sites excluding steroid dienone is 8. The second-order valence-electron chi connectivity index (χ2n) is 17.9. The summed E-state index contributed by atoms with van der Waals surface area (Å²) in [5, 5.41) is 21.7. The number of hydrogen-bond donors (Lipinski definition) is 9. The second kappa shape index (κ2) is 59.1. The highest BCUT2D eigenvalue weighted by molar-refractivity contribution is 7.46. The highest BCUT2D eigenvalue weighted by atomic mass is 31.2. The Labute approximate surface area is 500 Å². The molecule has 0 bridgehead atoms. The smallest absolute Gasteiger partial charge is 0.306 e. The van der Waals surface area contributed by atoms with Crippen LogP contribution in [0.25, 0.3) is 0 Å². The number of quaternary nitrogens is 4.